The predicted octanol–water partition coefficient (Wildman–Crippen LogP) is 3.18. The number of hydrogen-bond donors (Lipinski definition) is 2. The number of rotatable bonds is 9. The predicted molar refractivity (Wildman–Crippen MR) is 151 cm³/mol. The Morgan fingerprint density at radius 2 is 1.93 bits per heavy atom. The van der Waals surface area contributed by atoms with Crippen LogP contribution in [0.15, 0.2) is 67.3 Å². The largest absolute Gasteiger partial charge is 0.497 e. The molecule has 2 aromatic carbocycles. The molecule has 1 amide bonds. The van der Waals surface area contributed by atoms with Gasteiger partial charge in [0.1, 0.15) is 23.1 Å². The van der Waals surface area contributed by atoms with Gasteiger partial charge in [-0.1, -0.05) is 36.4 Å². The molecule has 40 heavy (non-hydrogen) atoms. The van der Waals surface area contributed by atoms with Gasteiger partial charge >= 0.3 is 0 Å². The minimum absolute atomic E-state index is 0.244. The second-order valence-electron chi connectivity index (χ2n) is 10.7. The molecule has 1 aromatic heterocycles. The number of methoxy groups -OCH3 is 1. The Labute approximate surface area is 232 Å². The molecule has 3 fully saturated rings. The third-order valence-electron chi connectivity index (χ3n) is 7.98. The number of sulfone groups is 1. The number of benzene rings is 2. The number of nitrogens with zero attached hydrogens (tertiary/aromatic N) is 1. The number of nitrogens with one attached hydrogen (secondary N) is 2. The van der Waals surface area contributed by atoms with Gasteiger partial charge in [-0.2, -0.15) is 0 Å². The zero-order chi connectivity index (χ0) is 28.1. The molecule has 3 aromatic rings. The molecule has 2 aliphatic carbocycles. The Bertz CT molecular complexity index is 1600. The van der Waals surface area contributed by atoms with Gasteiger partial charge in [0.25, 0.3) is 5.12 Å². The van der Waals surface area contributed by atoms with E-state index in [9.17, 15) is 18.0 Å². The molecule has 0 radical (unpaired) electrons. The van der Waals surface area contributed by atoms with Crippen molar-refractivity contribution in [1.82, 2.24) is 15.6 Å². The summed E-state index contributed by atoms with van der Waals surface area (Å²) in [7, 11) is -2.33. The fraction of sp³-hybridized carbons (Fsp3) is 0.367. The SMILES string of the molecule is C=C[C@@H]1C[C@]1(NC(=O)[C@@H]1C[C@@H](Oc2cc(-c3ccccc3)nc3cc(OC)ccc23)CN1)C(=O)S(=O)(=O)C1CC1. The molecule has 10 heteroatoms. The third kappa shape index (κ3) is 4.75. The van der Waals surface area contributed by atoms with Gasteiger partial charge < -0.3 is 20.1 Å². The van der Waals surface area contributed by atoms with Gasteiger partial charge in [0.15, 0.2) is 0 Å². The van der Waals surface area contributed by atoms with Crippen molar-refractivity contribution in [2.45, 2.75) is 48.6 Å². The van der Waals surface area contributed by atoms with Crippen LogP contribution in [0, 0.1) is 5.92 Å². The van der Waals surface area contributed by atoms with Gasteiger partial charge in [-0.25, -0.2) is 13.4 Å². The normalized spacial score (nSPS) is 25.8. The summed E-state index contributed by atoms with van der Waals surface area (Å²) < 4.78 is 37.2. The fourth-order valence-electron chi connectivity index (χ4n) is 5.42. The van der Waals surface area contributed by atoms with Crippen molar-refractivity contribution in [3.63, 3.8) is 0 Å². The molecule has 6 rings (SSSR count). The molecule has 0 unspecified atom stereocenters. The molecule has 9 nitrogen and oxygen atoms in total. The smallest absolute Gasteiger partial charge is 0.272 e. The Kier molecular flexibility index (Phi) is 6.62. The van der Waals surface area contributed by atoms with Gasteiger partial charge in [-0.15, -0.1) is 6.58 Å². The van der Waals surface area contributed by atoms with Crippen molar-refractivity contribution in [2.75, 3.05) is 13.7 Å². The van der Waals surface area contributed by atoms with Gasteiger partial charge in [-0.3, -0.25) is 9.59 Å². The second kappa shape index (κ2) is 10.0. The van der Waals surface area contributed by atoms with Crippen LogP contribution in [0.5, 0.6) is 11.5 Å². The first-order valence-corrected chi connectivity index (χ1v) is 15.0. The maximum absolute atomic E-state index is 13.3. The number of carbonyl (C=O) groups is 2. The van der Waals surface area contributed by atoms with E-state index in [2.05, 4.69) is 17.2 Å². The first-order valence-electron chi connectivity index (χ1n) is 13.4. The van der Waals surface area contributed by atoms with Crippen LogP contribution in [0.4, 0.5) is 0 Å². The van der Waals surface area contributed by atoms with E-state index in [0.29, 0.717) is 37.3 Å². The lowest BCUT2D eigenvalue weighted by Crippen LogP contribution is -2.53. The van der Waals surface area contributed by atoms with Gasteiger partial charge in [0.2, 0.25) is 15.7 Å². The van der Waals surface area contributed by atoms with Crippen LogP contribution in [0.25, 0.3) is 22.2 Å². The van der Waals surface area contributed by atoms with Gasteiger partial charge in [-0.05, 0) is 31.4 Å². The van der Waals surface area contributed by atoms with Crippen LogP contribution in [-0.4, -0.2) is 61.0 Å². The lowest BCUT2D eigenvalue weighted by molar-refractivity contribution is -0.127. The Morgan fingerprint density at radius 3 is 2.60 bits per heavy atom. The van der Waals surface area contributed by atoms with Crippen LogP contribution >= 0.6 is 0 Å². The second-order valence-corrected chi connectivity index (χ2v) is 12.9. The number of fused-ring (bicyclic) bond motifs is 1. The molecule has 2 N–H and O–H groups in total. The number of carbonyl (C=O) groups excluding carboxylic acids is 2. The zero-order valence-electron chi connectivity index (χ0n) is 22.1. The Hall–Kier alpha value is -3.76. The van der Waals surface area contributed by atoms with Crippen molar-refractivity contribution >= 4 is 31.8 Å². The minimum atomic E-state index is -3.94. The van der Waals surface area contributed by atoms with Crippen molar-refractivity contribution in [1.29, 1.82) is 0 Å². The molecule has 1 aliphatic heterocycles. The summed E-state index contributed by atoms with van der Waals surface area (Å²) in [5.41, 5.74) is 0.984. The van der Waals surface area contributed by atoms with Gasteiger partial charge in [0.05, 0.1) is 29.6 Å². The molecule has 4 atom stereocenters. The summed E-state index contributed by atoms with van der Waals surface area (Å²) in [5, 5.41) is 5.25. The van der Waals surface area contributed by atoms with Crippen molar-refractivity contribution in [3.05, 3.63) is 67.3 Å². The summed E-state index contributed by atoms with van der Waals surface area (Å²) in [5.74, 6) is 0.502. The maximum Gasteiger partial charge on any atom is 0.272 e. The topological polar surface area (TPSA) is 124 Å². The van der Waals surface area contributed by atoms with Crippen LogP contribution in [0.1, 0.15) is 25.7 Å². The van der Waals surface area contributed by atoms with Crippen molar-refractivity contribution in [2.24, 2.45) is 5.92 Å². The summed E-state index contributed by atoms with van der Waals surface area (Å²) in [4.78, 5) is 31.1. The van der Waals surface area contributed by atoms with E-state index in [1.165, 1.54) is 0 Å². The van der Waals surface area contributed by atoms with E-state index in [1.807, 2.05) is 54.6 Å². The minimum Gasteiger partial charge on any atom is -0.497 e. The van der Waals surface area contributed by atoms with E-state index in [0.717, 1.165) is 22.2 Å². The number of ether oxygens (including phenoxy) is 2. The van der Waals surface area contributed by atoms with Crippen LogP contribution in [0.3, 0.4) is 0 Å². The first-order chi connectivity index (χ1) is 19.2. The molecular weight excluding hydrogens is 530 g/mol. The quantitative estimate of drug-likeness (QED) is 0.382. The Morgan fingerprint density at radius 1 is 1.15 bits per heavy atom. The standard InChI is InChI=1S/C30H31N3O6S/c1-3-19-16-30(19,29(35)40(36,37)22-10-11-22)33-28(34)26-14-21(17-31-26)39-27-15-24(18-7-5-4-6-8-18)32-25-13-20(38-2)9-12-23(25)27/h3-9,12-13,15,19,21-22,26,31H,1,10-11,14,16-17H2,2H3,(H,33,34)/t19-,21-,26+,30-/m1/s1. The summed E-state index contributed by atoms with van der Waals surface area (Å²) >= 11 is 0. The summed E-state index contributed by atoms with van der Waals surface area (Å²) in [6, 6.07) is 16.7. The number of amides is 1. The highest BCUT2D eigenvalue weighted by molar-refractivity contribution is 8.07. The molecule has 208 valence electrons. The molecule has 2 heterocycles. The van der Waals surface area contributed by atoms with E-state index in [4.69, 9.17) is 14.5 Å². The highest BCUT2D eigenvalue weighted by Crippen LogP contribution is 2.48. The van der Waals surface area contributed by atoms with E-state index < -0.39 is 43.6 Å². The average molecular weight is 562 g/mol. The Balaban J connectivity index is 1.20. The lowest BCUT2D eigenvalue weighted by Gasteiger charge is -2.20. The number of pyridine rings is 1. The zero-order valence-corrected chi connectivity index (χ0v) is 22.9. The average Bonchev–Trinajstić information content (AvgIpc) is 3.90. The highest BCUT2D eigenvalue weighted by atomic mass is 32.2. The fourth-order valence-corrected chi connectivity index (χ4v) is 7.28. The number of hydrogen-bond acceptors (Lipinski definition) is 8. The summed E-state index contributed by atoms with van der Waals surface area (Å²) in [6.45, 7) is 4.13. The molecule has 0 spiro atoms. The monoisotopic (exact) mass is 561 g/mol. The summed E-state index contributed by atoms with van der Waals surface area (Å²) in [6.07, 6.45) is 2.79. The van der Waals surface area contributed by atoms with Crippen LogP contribution < -0.4 is 20.1 Å². The maximum atomic E-state index is 13.3. The molecule has 2 saturated carbocycles. The van der Waals surface area contributed by atoms with E-state index in [1.54, 1.807) is 13.2 Å². The lowest BCUT2D eigenvalue weighted by atomic mass is 10.1. The molecular formula is C30H31N3O6S. The highest BCUT2D eigenvalue weighted by Gasteiger charge is 2.65. The van der Waals surface area contributed by atoms with E-state index >= 15 is 0 Å². The molecule has 3 aliphatic rings. The van der Waals surface area contributed by atoms with Crippen molar-refractivity contribution in [3.8, 4) is 22.8 Å². The first kappa shape index (κ1) is 26.5. The van der Waals surface area contributed by atoms with Gasteiger partial charge in [0, 0.05) is 42.0 Å². The van der Waals surface area contributed by atoms with Crippen LogP contribution in [0.2, 0.25) is 0 Å². The third-order valence-corrected chi connectivity index (χ3v) is 10.2. The molecule has 1 saturated heterocycles. The van der Waals surface area contributed by atoms with Crippen LogP contribution in [-0.2, 0) is 19.4 Å². The molecule has 0 bridgehead atoms. The van der Waals surface area contributed by atoms with Crippen molar-refractivity contribution < 1.29 is 27.5 Å². The van der Waals surface area contributed by atoms with E-state index in [-0.39, 0.29) is 12.5 Å². The number of aromatic nitrogens is 1.